The van der Waals surface area contributed by atoms with E-state index in [1.165, 1.54) is 4.90 Å². The topological polar surface area (TPSA) is 89.7 Å². The van der Waals surface area contributed by atoms with Crippen molar-refractivity contribution in [3.8, 4) is 5.75 Å². The van der Waals surface area contributed by atoms with Gasteiger partial charge in [-0.25, -0.2) is 0 Å². The lowest BCUT2D eigenvalue weighted by Crippen LogP contribution is -2.30. The van der Waals surface area contributed by atoms with E-state index in [1.807, 2.05) is 0 Å². The lowest BCUT2D eigenvalue weighted by Gasteiger charge is -2.23. The van der Waals surface area contributed by atoms with E-state index >= 15 is 0 Å². The van der Waals surface area contributed by atoms with Gasteiger partial charge in [-0.2, -0.15) is 0 Å². The Kier molecular flexibility index (Phi) is 3.13. The van der Waals surface area contributed by atoms with Gasteiger partial charge in [0.2, 0.25) is 0 Å². The molecule has 2 aliphatic rings. The summed E-state index contributed by atoms with van der Waals surface area (Å²) in [5, 5.41) is 0. The SMILES string of the molecule is Nc1ccc(CN2C(=O)c3ccccc3C2=O)c2c1C(=O)CCO2. The Bertz CT molecular complexity index is 869. The number of imide groups is 1. The molecule has 24 heavy (non-hydrogen) atoms. The Morgan fingerprint density at radius 3 is 2.33 bits per heavy atom. The van der Waals surface area contributed by atoms with E-state index in [-0.39, 0.29) is 37.2 Å². The van der Waals surface area contributed by atoms with E-state index < -0.39 is 0 Å². The van der Waals surface area contributed by atoms with Crippen LogP contribution >= 0.6 is 0 Å². The van der Waals surface area contributed by atoms with Crippen LogP contribution in [0, 0.1) is 0 Å². The highest BCUT2D eigenvalue weighted by Gasteiger charge is 2.36. The Morgan fingerprint density at radius 2 is 1.67 bits per heavy atom. The van der Waals surface area contributed by atoms with Gasteiger partial charge >= 0.3 is 0 Å². The molecule has 2 aromatic rings. The van der Waals surface area contributed by atoms with E-state index in [9.17, 15) is 14.4 Å². The fourth-order valence-corrected chi connectivity index (χ4v) is 3.14. The zero-order chi connectivity index (χ0) is 16.8. The molecule has 0 atom stereocenters. The third-order valence-electron chi connectivity index (χ3n) is 4.33. The molecule has 0 radical (unpaired) electrons. The molecule has 0 spiro atoms. The number of anilines is 1. The molecule has 2 amide bonds. The molecule has 2 aliphatic heterocycles. The average molecular weight is 322 g/mol. The first kappa shape index (κ1) is 14.4. The lowest BCUT2D eigenvalue weighted by molar-refractivity contribution is 0.0641. The summed E-state index contributed by atoms with van der Waals surface area (Å²) in [6.07, 6.45) is 0.271. The van der Waals surface area contributed by atoms with Gasteiger partial charge in [0.1, 0.15) is 5.75 Å². The fourth-order valence-electron chi connectivity index (χ4n) is 3.14. The Hall–Kier alpha value is -3.15. The van der Waals surface area contributed by atoms with Crippen LogP contribution in [0.5, 0.6) is 5.75 Å². The van der Waals surface area contributed by atoms with Gasteiger partial charge in [0.05, 0.1) is 29.8 Å². The van der Waals surface area contributed by atoms with Crippen molar-refractivity contribution in [2.45, 2.75) is 13.0 Å². The minimum Gasteiger partial charge on any atom is -0.492 e. The number of benzene rings is 2. The molecule has 0 aromatic heterocycles. The quantitative estimate of drug-likeness (QED) is 0.675. The first-order valence-electron chi connectivity index (χ1n) is 7.60. The normalized spacial score (nSPS) is 16.0. The molecule has 120 valence electrons. The molecule has 2 N–H and O–H groups in total. The van der Waals surface area contributed by atoms with Crippen LogP contribution in [-0.2, 0) is 6.54 Å². The van der Waals surface area contributed by atoms with Crippen molar-refractivity contribution in [1.29, 1.82) is 0 Å². The highest BCUT2D eigenvalue weighted by Crippen LogP contribution is 2.35. The molecule has 4 rings (SSSR count). The number of ether oxygens (including phenoxy) is 1. The second-order valence-electron chi connectivity index (χ2n) is 5.78. The minimum absolute atomic E-state index is 0.0439. The summed E-state index contributed by atoms with van der Waals surface area (Å²) in [6.45, 7) is 0.312. The van der Waals surface area contributed by atoms with Crippen LogP contribution in [0.1, 0.15) is 43.1 Å². The zero-order valence-electron chi connectivity index (χ0n) is 12.7. The van der Waals surface area contributed by atoms with Gasteiger partial charge in [0.25, 0.3) is 11.8 Å². The van der Waals surface area contributed by atoms with Crippen molar-refractivity contribution in [2.24, 2.45) is 0 Å². The number of hydrogen-bond donors (Lipinski definition) is 1. The molecular weight excluding hydrogens is 308 g/mol. The Labute approximate surface area is 137 Å². The number of amides is 2. The van der Waals surface area contributed by atoms with Crippen molar-refractivity contribution in [3.05, 3.63) is 58.7 Å². The van der Waals surface area contributed by atoms with Gasteiger partial charge in [-0.3, -0.25) is 19.3 Å². The van der Waals surface area contributed by atoms with Crippen LogP contribution in [0.4, 0.5) is 5.69 Å². The van der Waals surface area contributed by atoms with Crippen LogP contribution in [0.3, 0.4) is 0 Å². The summed E-state index contributed by atoms with van der Waals surface area (Å²) < 4.78 is 5.61. The number of nitrogens with two attached hydrogens (primary N) is 1. The molecule has 0 unspecified atom stereocenters. The number of carbonyl (C=O) groups is 3. The van der Waals surface area contributed by atoms with Crippen molar-refractivity contribution < 1.29 is 19.1 Å². The summed E-state index contributed by atoms with van der Waals surface area (Å²) in [4.78, 5) is 38.2. The molecule has 0 aliphatic carbocycles. The molecule has 0 bridgehead atoms. The molecule has 6 nitrogen and oxygen atoms in total. The van der Waals surface area contributed by atoms with Gasteiger partial charge < -0.3 is 10.5 Å². The van der Waals surface area contributed by atoms with Crippen LogP contribution in [0.25, 0.3) is 0 Å². The smallest absolute Gasteiger partial charge is 0.261 e. The van der Waals surface area contributed by atoms with Gasteiger partial charge in [0.15, 0.2) is 5.78 Å². The van der Waals surface area contributed by atoms with E-state index in [4.69, 9.17) is 10.5 Å². The predicted octanol–water partition coefficient (Wildman–Crippen LogP) is 2.03. The number of ketones is 1. The largest absolute Gasteiger partial charge is 0.492 e. The first-order chi connectivity index (χ1) is 11.6. The standard InChI is InChI=1S/C18H14N2O4/c19-13-6-5-10(16-15(13)14(21)7-8-24-16)9-20-17(22)11-3-1-2-4-12(11)18(20)23/h1-6H,7-9,19H2. The van der Waals surface area contributed by atoms with Crippen LogP contribution < -0.4 is 10.5 Å². The first-order valence-corrected chi connectivity index (χ1v) is 7.60. The van der Waals surface area contributed by atoms with Gasteiger partial charge in [-0.05, 0) is 18.2 Å². The van der Waals surface area contributed by atoms with E-state index in [2.05, 4.69) is 0 Å². The second-order valence-corrected chi connectivity index (χ2v) is 5.78. The monoisotopic (exact) mass is 322 g/mol. The summed E-state index contributed by atoms with van der Waals surface area (Å²) in [5.74, 6) is -0.396. The maximum absolute atomic E-state index is 12.5. The van der Waals surface area contributed by atoms with Crippen LogP contribution in [0.2, 0.25) is 0 Å². The number of fused-ring (bicyclic) bond motifs is 2. The number of carbonyl (C=O) groups excluding carboxylic acids is 3. The third-order valence-corrected chi connectivity index (χ3v) is 4.33. The molecule has 2 heterocycles. The number of hydrogen-bond acceptors (Lipinski definition) is 5. The minimum atomic E-state index is -0.344. The number of rotatable bonds is 2. The predicted molar refractivity (Wildman–Crippen MR) is 85.9 cm³/mol. The fraction of sp³-hybridized carbons (Fsp3) is 0.167. The molecular formula is C18H14N2O4. The molecule has 2 aromatic carbocycles. The Balaban J connectivity index is 1.73. The van der Waals surface area contributed by atoms with Crippen molar-refractivity contribution >= 4 is 23.3 Å². The zero-order valence-corrected chi connectivity index (χ0v) is 12.7. The highest BCUT2D eigenvalue weighted by atomic mass is 16.5. The van der Waals surface area contributed by atoms with Gasteiger partial charge in [0, 0.05) is 17.7 Å². The van der Waals surface area contributed by atoms with E-state index in [0.717, 1.165) is 0 Å². The number of nitrogen functional groups attached to an aromatic ring is 1. The molecule has 0 saturated carbocycles. The third kappa shape index (κ3) is 2.00. The van der Waals surface area contributed by atoms with Crippen molar-refractivity contribution in [1.82, 2.24) is 4.90 Å². The number of Topliss-reactive ketones (excluding diaryl/α,β-unsaturated/α-hetero) is 1. The maximum Gasteiger partial charge on any atom is 0.261 e. The molecule has 0 fully saturated rings. The van der Waals surface area contributed by atoms with Gasteiger partial charge in [-0.1, -0.05) is 18.2 Å². The highest BCUT2D eigenvalue weighted by molar-refractivity contribution is 6.21. The van der Waals surface area contributed by atoms with Crippen molar-refractivity contribution in [3.63, 3.8) is 0 Å². The second kappa shape index (κ2) is 5.19. The summed E-state index contributed by atoms with van der Waals surface area (Å²) in [6, 6.07) is 10.0. The molecule has 0 saturated heterocycles. The maximum atomic E-state index is 12.5. The Morgan fingerprint density at radius 1 is 1.00 bits per heavy atom. The van der Waals surface area contributed by atoms with Crippen LogP contribution in [-0.4, -0.2) is 29.1 Å². The molecule has 6 heteroatoms. The summed E-state index contributed by atoms with van der Waals surface area (Å²) in [7, 11) is 0. The summed E-state index contributed by atoms with van der Waals surface area (Å²) in [5.41, 5.74) is 7.96. The number of nitrogens with zero attached hydrogens (tertiary/aromatic N) is 1. The van der Waals surface area contributed by atoms with E-state index in [1.54, 1.807) is 36.4 Å². The lowest BCUT2D eigenvalue weighted by atomic mass is 9.99. The summed E-state index contributed by atoms with van der Waals surface area (Å²) >= 11 is 0. The van der Waals surface area contributed by atoms with Crippen LogP contribution in [0.15, 0.2) is 36.4 Å². The van der Waals surface area contributed by atoms with Crippen molar-refractivity contribution in [2.75, 3.05) is 12.3 Å². The van der Waals surface area contributed by atoms with Gasteiger partial charge in [-0.15, -0.1) is 0 Å². The van der Waals surface area contributed by atoms with E-state index in [0.29, 0.717) is 33.7 Å². The average Bonchev–Trinajstić information content (AvgIpc) is 2.82.